The van der Waals surface area contributed by atoms with Crippen molar-refractivity contribution >= 4 is 17.7 Å². The second kappa shape index (κ2) is 10.7. The number of carbonyl (C=O) groups excluding carboxylic acids is 3. The van der Waals surface area contributed by atoms with E-state index in [-0.39, 0.29) is 5.57 Å². The molecular weight excluding hydrogens is 584 g/mol. The van der Waals surface area contributed by atoms with E-state index in [2.05, 4.69) is 13.5 Å². The summed E-state index contributed by atoms with van der Waals surface area (Å²) in [4.78, 5) is 38.4. The van der Waals surface area contributed by atoms with Gasteiger partial charge in [0.2, 0.25) is 0 Å². The number of ether oxygens (including phenoxy) is 6. The summed E-state index contributed by atoms with van der Waals surface area (Å²) < 4.78 is 38.1. The van der Waals surface area contributed by atoms with Crippen LogP contribution in [0.15, 0.2) is 48.1 Å². The first kappa shape index (κ1) is 32.3. The Bertz CT molecular complexity index is 1400. The normalized spacial score (nSPS) is 47.2. The number of hydrogen-bond donors (Lipinski definition) is 2. The Kier molecular flexibility index (Phi) is 7.66. The molecule has 246 valence electrons. The summed E-state index contributed by atoms with van der Waals surface area (Å²) in [5.74, 6) is -6.37. The number of Topliss-reactive ketones (excluding diaryl/α,β-unsaturated/α-hetero) is 1. The van der Waals surface area contributed by atoms with Crippen LogP contribution in [0.2, 0.25) is 0 Å². The van der Waals surface area contributed by atoms with Gasteiger partial charge < -0.3 is 38.6 Å². The van der Waals surface area contributed by atoms with E-state index in [9.17, 15) is 24.6 Å². The molecule has 12 atom stereocenters. The third-order valence-electron chi connectivity index (χ3n) is 10.8. The number of unbranched alkanes of at least 4 members (excludes halogenated alkanes) is 3. The highest BCUT2D eigenvalue weighted by molar-refractivity contribution is 6.05. The van der Waals surface area contributed by atoms with E-state index in [1.54, 1.807) is 32.1 Å². The van der Waals surface area contributed by atoms with Crippen LogP contribution in [0.3, 0.4) is 0 Å². The van der Waals surface area contributed by atoms with Crippen LogP contribution in [0.25, 0.3) is 0 Å². The number of carbonyl (C=O) groups is 3. The van der Waals surface area contributed by atoms with Crippen LogP contribution < -0.4 is 0 Å². The van der Waals surface area contributed by atoms with Gasteiger partial charge in [-0.15, -0.1) is 0 Å². The summed E-state index contributed by atoms with van der Waals surface area (Å²) in [6, 6.07) is 0. The molecule has 3 bridgehead atoms. The Labute approximate surface area is 263 Å². The molecule has 0 amide bonds. The largest absolute Gasteiger partial charge is 0.463 e. The van der Waals surface area contributed by atoms with Crippen molar-refractivity contribution in [3.63, 3.8) is 0 Å². The van der Waals surface area contributed by atoms with Crippen molar-refractivity contribution in [2.24, 2.45) is 17.8 Å². The van der Waals surface area contributed by atoms with Gasteiger partial charge in [0, 0.05) is 37.7 Å². The SMILES string of the molecule is C=C(C)[C@@]12OC3(/C=C/C=C/CCCCC)O[C@@H]1[C@@H]1[C@@H]4O[C@]4(COC(C)=O)[C@@H](O)[C@]4(O)C(=O)C(C)=C[C@H]4[C@@]1(O3)[C@H](C)[C@H]2OC(C)=O. The van der Waals surface area contributed by atoms with E-state index < -0.39 is 94.9 Å². The Hall–Kier alpha value is -2.67. The standard InChI is InChI=1S/C34H44O11/c1-8-9-10-11-12-13-14-15-31-43-28-24-27-30(42-27,17-40-21(6)35)29(38)32(39)23(16-19(4)25(32)37)34(24,45-31)20(5)26(41-22(7)36)33(28,44-31)18(2)3/h12-16,20,23-24,26-29,38-39H,2,8-11,17H2,1,3-7H3/b13-12+,15-14+/t20-,23-,24+,26-,27+,28-,29-,30+,31?,32-,33+,34+/m1/s1. The fourth-order valence-electron chi connectivity index (χ4n) is 8.86. The molecule has 45 heavy (non-hydrogen) atoms. The molecule has 0 radical (unpaired) electrons. The minimum Gasteiger partial charge on any atom is -0.463 e. The van der Waals surface area contributed by atoms with Crippen molar-refractivity contribution in [3.05, 3.63) is 48.1 Å². The van der Waals surface area contributed by atoms with Gasteiger partial charge in [-0.05, 0) is 37.8 Å². The second-order valence-corrected chi connectivity index (χ2v) is 13.6. The minimum atomic E-state index is -2.42. The van der Waals surface area contributed by atoms with Gasteiger partial charge in [-0.1, -0.05) is 57.6 Å². The third kappa shape index (κ3) is 4.20. The van der Waals surface area contributed by atoms with Crippen LogP contribution in [0.1, 0.15) is 67.2 Å². The molecule has 6 aliphatic rings. The molecule has 3 aliphatic carbocycles. The molecule has 11 nitrogen and oxygen atoms in total. The molecule has 3 aliphatic heterocycles. The molecule has 0 spiro atoms. The van der Waals surface area contributed by atoms with E-state index >= 15 is 0 Å². The molecule has 11 heteroatoms. The summed E-state index contributed by atoms with van der Waals surface area (Å²) >= 11 is 0. The number of allylic oxidation sites excluding steroid dienone is 3. The second-order valence-electron chi connectivity index (χ2n) is 13.6. The van der Waals surface area contributed by atoms with Crippen molar-refractivity contribution in [2.45, 2.75) is 120 Å². The number of esters is 2. The van der Waals surface area contributed by atoms with E-state index in [4.69, 9.17) is 28.4 Å². The highest BCUT2D eigenvalue weighted by Gasteiger charge is 2.90. The quantitative estimate of drug-likeness (QED) is 0.121. The highest BCUT2D eigenvalue weighted by Crippen LogP contribution is 2.73. The lowest BCUT2D eigenvalue weighted by molar-refractivity contribution is -0.407. The number of aliphatic hydroxyl groups is 2. The molecule has 3 heterocycles. The highest BCUT2D eigenvalue weighted by atomic mass is 16.9. The zero-order valence-corrected chi connectivity index (χ0v) is 26.7. The van der Waals surface area contributed by atoms with Gasteiger partial charge in [-0.25, -0.2) is 0 Å². The number of epoxide rings is 1. The molecule has 3 saturated heterocycles. The zero-order chi connectivity index (χ0) is 32.7. The fourth-order valence-corrected chi connectivity index (χ4v) is 8.86. The van der Waals surface area contributed by atoms with Crippen LogP contribution >= 0.6 is 0 Å². The minimum absolute atomic E-state index is 0.229. The predicted octanol–water partition coefficient (Wildman–Crippen LogP) is 2.98. The van der Waals surface area contributed by atoms with E-state index in [0.29, 0.717) is 5.57 Å². The number of aliphatic hydroxyl groups excluding tert-OH is 1. The van der Waals surface area contributed by atoms with Crippen molar-refractivity contribution < 1.29 is 53.0 Å². The molecular formula is C34H44O11. The molecule has 2 saturated carbocycles. The predicted molar refractivity (Wildman–Crippen MR) is 158 cm³/mol. The number of hydrogen-bond acceptors (Lipinski definition) is 11. The Balaban J connectivity index is 1.55. The third-order valence-corrected chi connectivity index (χ3v) is 10.8. The molecule has 6 rings (SSSR count). The monoisotopic (exact) mass is 628 g/mol. The molecule has 0 aromatic carbocycles. The maximum Gasteiger partial charge on any atom is 0.307 e. The van der Waals surface area contributed by atoms with Crippen LogP contribution in [-0.4, -0.2) is 87.3 Å². The lowest BCUT2D eigenvalue weighted by Gasteiger charge is -2.61. The van der Waals surface area contributed by atoms with Crippen molar-refractivity contribution in [1.29, 1.82) is 0 Å². The fraction of sp³-hybridized carbons (Fsp3) is 0.676. The van der Waals surface area contributed by atoms with Crippen molar-refractivity contribution in [2.75, 3.05) is 6.61 Å². The smallest absolute Gasteiger partial charge is 0.307 e. The van der Waals surface area contributed by atoms with E-state index in [1.165, 1.54) is 13.8 Å². The first-order valence-electron chi connectivity index (χ1n) is 15.9. The average Bonchev–Trinajstić information content (AvgIpc) is 3.59. The Morgan fingerprint density at radius 1 is 1.09 bits per heavy atom. The van der Waals surface area contributed by atoms with Gasteiger partial charge >= 0.3 is 17.9 Å². The lowest BCUT2D eigenvalue weighted by atomic mass is 9.53. The molecule has 5 fully saturated rings. The lowest BCUT2D eigenvalue weighted by Crippen LogP contribution is -2.76. The van der Waals surface area contributed by atoms with Crippen molar-refractivity contribution in [3.8, 4) is 0 Å². The summed E-state index contributed by atoms with van der Waals surface area (Å²) in [6.07, 6.45) is 8.50. The first-order chi connectivity index (χ1) is 21.2. The van der Waals surface area contributed by atoms with Gasteiger partial charge in [-0.2, -0.15) is 0 Å². The van der Waals surface area contributed by atoms with Gasteiger partial charge in [0.25, 0.3) is 0 Å². The van der Waals surface area contributed by atoms with E-state index in [0.717, 1.165) is 25.7 Å². The Morgan fingerprint density at radius 3 is 2.47 bits per heavy atom. The van der Waals surface area contributed by atoms with Crippen LogP contribution in [0, 0.1) is 17.8 Å². The van der Waals surface area contributed by atoms with Crippen LogP contribution in [0.5, 0.6) is 0 Å². The average molecular weight is 629 g/mol. The van der Waals surface area contributed by atoms with Crippen molar-refractivity contribution in [1.82, 2.24) is 0 Å². The van der Waals surface area contributed by atoms with Gasteiger partial charge in [-0.3, -0.25) is 14.4 Å². The number of rotatable bonds is 10. The number of ketones is 1. The van der Waals surface area contributed by atoms with E-state index in [1.807, 2.05) is 19.1 Å². The van der Waals surface area contributed by atoms with Gasteiger partial charge in [0.05, 0.1) is 5.60 Å². The maximum atomic E-state index is 13.8. The molecule has 0 aromatic rings. The molecule has 1 unspecified atom stereocenters. The Morgan fingerprint density at radius 2 is 1.82 bits per heavy atom. The van der Waals surface area contributed by atoms with Crippen LogP contribution in [-0.2, 0) is 42.8 Å². The summed E-state index contributed by atoms with van der Waals surface area (Å²) in [5.41, 5.74) is -6.29. The van der Waals surface area contributed by atoms with Gasteiger partial charge in [0.1, 0.15) is 31.0 Å². The van der Waals surface area contributed by atoms with Crippen LogP contribution in [0.4, 0.5) is 0 Å². The van der Waals surface area contributed by atoms with Gasteiger partial charge in [0.15, 0.2) is 22.6 Å². The molecule has 2 N–H and O–H groups in total. The summed E-state index contributed by atoms with van der Waals surface area (Å²) in [7, 11) is 0. The first-order valence-corrected chi connectivity index (χ1v) is 15.9. The zero-order valence-electron chi connectivity index (χ0n) is 26.7. The topological polar surface area (TPSA) is 150 Å². The summed E-state index contributed by atoms with van der Waals surface area (Å²) in [5, 5.41) is 24.4. The number of fused-ring (bicyclic) bond motifs is 3. The molecule has 0 aromatic heterocycles. The maximum absolute atomic E-state index is 13.8. The summed E-state index contributed by atoms with van der Waals surface area (Å²) in [6.45, 7) is 13.6.